The molecule has 0 unspecified atom stereocenters. The van der Waals surface area contributed by atoms with Crippen LogP contribution >= 0.6 is 0 Å². The van der Waals surface area contributed by atoms with E-state index in [1.807, 2.05) is 74.5 Å². The minimum absolute atomic E-state index is 0.295. The normalized spacial score (nSPS) is 10.3. The van der Waals surface area contributed by atoms with Gasteiger partial charge in [0.2, 0.25) is 0 Å². The van der Waals surface area contributed by atoms with Gasteiger partial charge in [-0.2, -0.15) is 0 Å². The lowest BCUT2D eigenvalue weighted by Crippen LogP contribution is -2.19. The first-order valence-corrected chi connectivity index (χ1v) is 10.1. The molecule has 2 amide bonds. The van der Waals surface area contributed by atoms with Gasteiger partial charge in [-0.3, -0.25) is 0 Å². The number of carbonyl (C=O) groups excluding carboxylic acids is 1. The van der Waals surface area contributed by atoms with Crippen LogP contribution in [0, 0.1) is 13.8 Å². The maximum atomic E-state index is 12.3. The Bertz CT molecular complexity index is 1220. The molecule has 2 aromatic carbocycles. The molecule has 8 heteroatoms. The summed E-state index contributed by atoms with van der Waals surface area (Å²) < 4.78 is 0. The molecule has 4 rings (SSSR count). The van der Waals surface area contributed by atoms with E-state index in [0.717, 1.165) is 22.5 Å². The number of hydrogen-bond acceptors (Lipinski definition) is 6. The van der Waals surface area contributed by atoms with Gasteiger partial charge in [0.05, 0.1) is 0 Å². The molecule has 32 heavy (non-hydrogen) atoms. The van der Waals surface area contributed by atoms with Gasteiger partial charge in [-0.1, -0.05) is 18.2 Å². The molecular weight excluding hydrogens is 402 g/mol. The maximum absolute atomic E-state index is 12.3. The number of anilines is 6. The SMILES string of the molecule is Cc1ccnc(Nc2cc(Nc3ccc(NC(=O)Nc4ccccc4C)cc3)ncn2)c1. The van der Waals surface area contributed by atoms with Gasteiger partial charge >= 0.3 is 6.03 Å². The quantitative estimate of drug-likeness (QED) is 0.320. The minimum atomic E-state index is -0.295. The molecule has 2 aromatic heterocycles. The fraction of sp³-hybridized carbons (Fsp3) is 0.0833. The molecule has 0 aliphatic carbocycles. The third-order valence-corrected chi connectivity index (χ3v) is 4.65. The molecule has 0 bridgehead atoms. The van der Waals surface area contributed by atoms with E-state index in [0.29, 0.717) is 23.1 Å². The van der Waals surface area contributed by atoms with E-state index in [1.165, 1.54) is 6.33 Å². The van der Waals surface area contributed by atoms with Crippen molar-refractivity contribution in [3.05, 3.63) is 90.4 Å². The van der Waals surface area contributed by atoms with E-state index in [2.05, 4.69) is 36.2 Å². The molecule has 0 saturated carbocycles. The number of pyridine rings is 1. The molecule has 0 radical (unpaired) electrons. The molecule has 4 N–H and O–H groups in total. The lowest BCUT2D eigenvalue weighted by atomic mass is 10.2. The molecule has 0 saturated heterocycles. The van der Waals surface area contributed by atoms with E-state index in [-0.39, 0.29) is 6.03 Å². The number of nitrogens with zero attached hydrogens (tertiary/aromatic N) is 3. The van der Waals surface area contributed by atoms with Gasteiger partial charge in [-0.15, -0.1) is 0 Å². The van der Waals surface area contributed by atoms with Crippen LogP contribution in [0.3, 0.4) is 0 Å². The number of hydrogen-bond donors (Lipinski definition) is 4. The Morgan fingerprint density at radius 1 is 0.719 bits per heavy atom. The van der Waals surface area contributed by atoms with Gasteiger partial charge in [-0.05, 0) is 67.4 Å². The summed E-state index contributed by atoms with van der Waals surface area (Å²) in [7, 11) is 0. The van der Waals surface area contributed by atoms with Crippen molar-refractivity contribution in [2.45, 2.75) is 13.8 Å². The predicted molar refractivity (Wildman–Crippen MR) is 128 cm³/mol. The van der Waals surface area contributed by atoms with Crippen molar-refractivity contribution in [2.24, 2.45) is 0 Å². The Morgan fingerprint density at radius 3 is 2.16 bits per heavy atom. The Balaban J connectivity index is 1.36. The van der Waals surface area contributed by atoms with Crippen LogP contribution in [0.5, 0.6) is 0 Å². The van der Waals surface area contributed by atoms with Gasteiger partial charge in [0.25, 0.3) is 0 Å². The van der Waals surface area contributed by atoms with Crippen molar-refractivity contribution in [1.29, 1.82) is 0 Å². The zero-order valence-electron chi connectivity index (χ0n) is 17.8. The molecule has 8 nitrogen and oxygen atoms in total. The van der Waals surface area contributed by atoms with E-state index < -0.39 is 0 Å². The van der Waals surface area contributed by atoms with Crippen molar-refractivity contribution in [1.82, 2.24) is 15.0 Å². The Labute approximate surface area is 186 Å². The second-order valence-electron chi connectivity index (χ2n) is 7.23. The van der Waals surface area contributed by atoms with Crippen molar-refractivity contribution in [3.8, 4) is 0 Å². The topological polar surface area (TPSA) is 104 Å². The summed E-state index contributed by atoms with van der Waals surface area (Å²) in [5.41, 5.74) is 4.39. The van der Waals surface area contributed by atoms with Crippen molar-refractivity contribution < 1.29 is 4.79 Å². The lowest BCUT2D eigenvalue weighted by Gasteiger charge is -2.11. The number of rotatable bonds is 6. The van der Waals surface area contributed by atoms with Crippen LogP contribution in [0.4, 0.5) is 39.3 Å². The van der Waals surface area contributed by atoms with Crippen LogP contribution in [-0.4, -0.2) is 21.0 Å². The van der Waals surface area contributed by atoms with E-state index in [9.17, 15) is 4.79 Å². The zero-order chi connectivity index (χ0) is 22.3. The van der Waals surface area contributed by atoms with Gasteiger partial charge in [0.15, 0.2) is 0 Å². The molecule has 4 aromatic rings. The average Bonchev–Trinajstić information content (AvgIpc) is 2.77. The molecule has 0 aliphatic rings. The van der Waals surface area contributed by atoms with Crippen molar-refractivity contribution in [2.75, 3.05) is 21.3 Å². The standard InChI is InChI=1S/C24H23N7O/c1-16-11-12-25-21(13-16)31-23-14-22(26-15-27-23)28-18-7-9-19(10-8-18)29-24(32)30-20-6-4-3-5-17(20)2/h3-15H,1-2H3,(H2,29,30,32)(H2,25,26,27,28,31). The van der Waals surface area contributed by atoms with Gasteiger partial charge in [-0.25, -0.2) is 19.7 Å². The smallest absolute Gasteiger partial charge is 0.323 e. The van der Waals surface area contributed by atoms with Crippen LogP contribution in [0.15, 0.2) is 79.3 Å². The number of amides is 2. The number of benzene rings is 2. The fourth-order valence-corrected chi connectivity index (χ4v) is 3.01. The van der Waals surface area contributed by atoms with Crippen LogP contribution < -0.4 is 21.3 Å². The first kappa shape index (κ1) is 20.8. The second kappa shape index (κ2) is 9.57. The molecular formula is C24H23N7O. The van der Waals surface area contributed by atoms with Gasteiger partial charge in [0.1, 0.15) is 23.8 Å². The largest absolute Gasteiger partial charge is 0.340 e. The third kappa shape index (κ3) is 5.57. The average molecular weight is 425 g/mol. The summed E-state index contributed by atoms with van der Waals surface area (Å²) in [6, 6.07) is 20.4. The Hall–Kier alpha value is -4.46. The molecule has 0 spiro atoms. The number of aryl methyl sites for hydroxylation is 2. The fourth-order valence-electron chi connectivity index (χ4n) is 3.01. The summed E-state index contributed by atoms with van der Waals surface area (Å²) in [6.07, 6.45) is 3.22. The summed E-state index contributed by atoms with van der Waals surface area (Å²) in [6.45, 7) is 3.95. The second-order valence-corrected chi connectivity index (χ2v) is 7.23. The highest BCUT2D eigenvalue weighted by Gasteiger charge is 2.06. The van der Waals surface area contributed by atoms with E-state index in [4.69, 9.17) is 0 Å². The number of para-hydroxylation sites is 1. The molecule has 0 atom stereocenters. The molecule has 0 fully saturated rings. The van der Waals surface area contributed by atoms with Crippen molar-refractivity contribution >= 4 is 40.5 Å². The number of urea groups is 1. The highest BCUT2D eigenvalue weighted by Crippen LogP contribution is 2.21. The van der Waals surface area contributed by atoms with Gasteiger partial charge < -0.3 is 21.3 Å². The minimum Gasteiger partial charge on any atom is -0.340 e. The van der Waals surface area contributed by atoms with E-state index >= 15 is 0 Å². The van der Waals surface area contributed by atoms with Crippen molar-refractivity contribution in [3.63, 3.8) is 0 Å². The summed E-state index contributed by atoms with van der Waals surface area (Å²) in [5.74, 6) is 1.98. The summed E-state index contributed by atoms with van der Waals surface area (Å²) in [5, 5.41) is 12.1. The summed E-state index contributed by atoms with van der Waals surface area (Å²) in [4.78, 5) is 25.0. The molecule has 2 heterocycles. The van der Waals surface area contributed by atoms with E-state index in [1.54, 1.807) is 12.3 Å². The monoisotopic (exact) mass is 425 g/mol. The zero-order valence-corrected chi connectivity index (χ0v) is 17.8. The lowest BCUT2D eigenvalue weighted by molar-refractivity contribution is 0.262. The highest BCUT2D eigenvalue weighted by molar-refractivity contribution is 6.00. The van der Waals surface area contributed by atoms with Crippen LogP contribution in [-0.2, 0) is 0 Å². The molecule has 160 valence electrons. The predicted octanol–water partition coefficient (Wildman–Crippen LogP) is 5.62. The Kier molecular flexibility index (Phi) is 6.22. The first-order valence-electron chi connectivity index (χ1n) is 10.1. The highest BCUT2D eigenvalue weighted by atomic mass is 16.2. The van der Waals surface area contributed by atoms with Crippen LogP contribution in [0.25, 0.3) is 0 Å². The summed E-state index contributed by atoms with van der Waals surface area (Å²) >= 11 is 0. The van der Waals surface area contributed by atoms with Gasteiger partial charge in [0, 0.05) is 29.3 Å². The number of nitrogens with one attached hydrogen (secondary N) is 4. The number of carbonyl (C=O) groups is 1. The first-order chi connectivity index (χ1) is 15.5. The van der Waals surface area contributed by atoms with Crippen LogP contribution in [0.2, 0.25) is 0 Å². The van der Waals surface area contributed by atoms with Crippen LogP contribution in [0.1, 0.15) is 11.1 Å². The Morgan fingerprint density at radius 2 is 1.41 bits per heavy atom. The molecule has 0 aliphatic heterocycles. The maximum Gasteiger partial charge on any atom is 0.323 e. The number of aromatic nitrogens is 3. The third-order valence-electron chi connectivity index (χ3n) is 4.65.